The van der Waals surface area contributed by atoms with E-state index in [4.69, 9.17) is 5.73 Å². The van der Waals surface area contributed by atoms with Crippen LogP contribution in [-0.4, -0.2) is 23.2 Å². The fraction of sp³-hybridized carbons (Fsp3) is 0.200. The SMILES string of the molecule is CCn1cc(S(=O)(=O)Nc2ccc(Br)cn2)c(N)n1. The topological polar surface area (TPSA) is 103 Å². The Morgan fingerprint density at radius 1 is 1.47 bits per heavy atom. The molecule has 2 heterocycles. The van der Waals surface area contributed by atoms with Crippen molar-refractivity contribution in [1.29, 1.82) is 0 Å². The number of nitrogens with zero attached hydrogens (tertiary/aromatic N) is 3. The van der Waals surface area contributed by atoms with Crippen LogP contribution in [0.15, 0.2) is 33.9 Å². The van der Waals surface area contributed by atoms with E-state index in [1.165, 1.54) is 17.1 Å². The van der Waals surface area contributed by atoms with Gasteiger partial charge < -0.3 is 5.73 Å². The summed E-state index contributed by atoms with van der Waals surface area (Å²) in [5.74, 6) is 0.179. The first-order chi connectivity index (χ1) is 8.92. The highest BCUT2D eigenvalue weighted by atomic mass is 79.9. The molecule has 102 valence electrons. The van der Waals surface area contributed by atoms with Crippen LogP contribution < -0.4 is 10.5 Å². The normalized spacial score (nSPS) is 11.5. The third-order valence-corrected chi connectivity index (χ3v) is 4.18. The molecule has 2 rings (SSSR count). The molecule has 0 saturated carbocycles. The predicted octanol–water partition coefficient (Wildman–Crippen LogP) is 1.44. The fourth-order valence-electron chi connectivity index (χ4n) is 1.42. The number of pyridine rings is 1. The number of rotatable bonds is 4. The maximum Gasteiger partial charge on any atom is 0.268 e. The van der Waals surface area contributed by atoms with Crippen LogP contribution in [-0.2, 0) is 16.6 Å². The molecule has 7 nitrogen and oxygen atoms in total. The first-order valence-electron chi connectivity index (χ1n) is 5.39. The number of halogens is 1. The van der Waals surface area contributed by atoms with Gasteiger partial charge in [-0.25, -0.2) is 13.4 Å². The number of aryl methyl sites for hydroxylation is 1. The molecule has 3 N–H and O–H groups in total. The molecule has 0 aliphatic rings. The molecule has 0 aliphatic heterocycles. The minimum atomic E-state index is -3.78. The maximum atomic E-state index is 12.1. The highest BCUT2D eigenvalue weighted by Crippen LogP contribution is 2.20. The zero-order chi connectivity index (χ0) is 14.0. The third-order valence-electron chi connectivity index (χ3n) is 2.33. The summed E-state index contributed by atoms with van der Waals surface area (Å²) in [6, 6.07) is 3.23. The Morgan fingerprint density at radius 2 is 2.21 bits per heavy atom. The van der Waals surface area contributed by atoms with Crippen LogP contribution in [0, 0.1) is 0 Å². The van der Waals surface area contributed by atoms with Crippen molar-refractivity contribution in [2.75, 3.05) is 10.5 Å². The number of anilines is 2. The van der Waals surface area contributed by atoms with Crippen molar-refractivity contribution in [3.8, 4) is 0 Å². The van der Waals surface area contributed by atoms with E-state index >= 15 is 0 Å². The molecular formula is C10H12BrN5O2S. The Bertz CT molecular complexity index is 680. The second-order valence-electron chi connectivity index (χ2n) is 3.70. The number of nitrogens with one attached hydrogen (secondary N) is 1. The van der Waals surface area contributed by atoms with Crippen LogP contribution in [0.3, 0.4) is 0 Å². The average molecular weight is 346 g/mol. The van der Waals surface area contributed by atoms with Crippen molar-refractivity contribution in [2.45, 2.75) is 18.4 Å². The smallest absolute Gasteiger partial charge is 0.268 e. The van der Waals surface area contributed by atoms with E-state index in [1.54, 1.807) is 12.1 Å². The summed E-state index contributed by atoms with van der Waals surface area (Å²) in [5, 5.41) is 3.90. The summed E-state index contributed by atoms with van der Waals surface area (Å²) < 4.78 is 28.8. The van der Waals surface area contributed by atoms with Crippen molar-refractivity contribution in [3.63, 3.8) is 0 Å². The molecule has 0 saturated heterocycles. The minimum Gasteiger partial charge on any atom is -0.381 e. The van der Waals surface area contributed by atoms with Crippen LogP contribution in [0.4, 0.5) is 11.6 Å². The monoisotopic (exact) mass is 345 g/mol. The van der Waals surface area contributed by atoms with Gasteiger partial charge in [-0.3, -0.25) is 9.40 Å². The molecule has 0 aliphatic carbocycles. The van der Waals surface area contributed by atoms with E-state index in [0.29, 0.717) is 6.54 Å². The number of nitrogens with two attached hydrogens (primary N) is 1. The lowest BCUT2D eigenvalue weighted by atomic mass is 10.5. The zero-order valence-corrected chi connectivity index (χ0v) is 12.4. The number of aromatic nitrogens is 3. The second-order valence-corrected chi connectivity index (χ2v) is 6.27. The van der Waals surface area contributed by atoms with Crippen molar-refractivity contribution in [2.24, 2.45) is 0 Å². The Morgan fingerprint density at radius 3 is 2.74 bits per heavy atom. The number of hydrogen-bond donors (Lipinski definition) is 2. The quantitative estimate of drug-likeness (QED) is 0.872. The summed E-state index contributed by atoms with van der Waals surface area (Å²) in [5.41, 5.74) is 5.60. The van der Waals surface area contributed by atoms with Crippen molar-refractivity contribution >= 4 is 37.6 Å². The summed E-state index contributed by atoms with van der Waals surface area (Å²) in [4.78, 5) is 3.88. The molecule has 0 aromatic carbocycles. The summed E-state index contributed by atoms with van der Waals surface area (Å²) in [7, 11) is -3.78. The number of nitrogen functional groups attached to an aromatic ring is 1. The van der Waals surface area contributed by atoms with E-state index in [1.807, 2.05) is 6.92 Å². The highest BCUT2D eigenvalue weighted by Gasteiger charge is 2.21. The minimum absolute atomic E-state index is 0.0357. The molecule has 0 unspecified atom stereocenters. The van der Waals surface area contributed by atoms with E-state index in [9.17, 15) is 8.42 Å². The molecule has 2 aromatic rings. The van der Waals surface area contributed by atoms with Crippen LogP contribution in [0.2, 0.25) is 0 Å². The van der Waals surface area contributed by atoms with Crippen LogP contribution in [0.5, 0.6) is 0 Å². The van der Waals surface area contributed by atoms with Gasteiger partial charge in [-0.05, 0) is 35.0 Å². The lowest BCUT2D eigenvalue weighted by Crippen LogP contribution is -2.14. The molecule has 2 aromatic heterocycles. The fourth-order valence-corrected chi connectivity index (χ4v) is 2.73. The molecule has 0 radical (unpaired) electrons. The summed E-state index contributed by atoms with van der Waals surface area (Å²) in [6.07, 6.45) is 2.88. The zero-order valence-electron chi connectivity index (χ0n) is 10.0. The Balaban J connectivity index is 2.31. The first kappa shape index (κ1) is 13.8. The Labute approximate surface area is 119 Å². The van der Waals surface area contributed by atoms with Crippen molar-refractivity contribution in [1.82, 2.24) is 14.8 Å². The number of hydrogen-bond acceptors (Lipinski definition) is 5. The lowest BCUT2D eigenvalue weighted by molar-refractivity contribution is 0.600. The van der Waals surface area contributed by atoms with Gasteiger partial charge in [-0.2, -0.15) is 5.10 Å². The average Bonchev–Trinajstić information content (AvgIpc) is 2.74. The van der Waals surface area contributed by atoms with E-state index < -0.39 is 10.0 Å². The molecule has 0 spiro atoms. The first-order valence-corrected chi connectivity index (χ1v) is 7.67. The molecule has 19 heavy (non-hydrogen) atoms. The van der Waals surface area contributed by atoms with Crippen molar-refractivity contribution < 1.29 is 8.42 Å². The maximum absolute atomic E-state index is 12.1. The largest absolute Gasteiger partial charge is 0.381 e. The van der Waals surface area contributed by atoms with Gasteiger partial charge in [0.05, 0.1) is 0 Å². The van der Waals surface area contributed by atoms with Crippen LogP contribution >= 0.6 is 15.9 Å². The second kappa shape index (κ2) is 5.17. The lowest BCUT2D eigenvalue weighted by Gasteiger charge is -2.05. The van der Waals surface area contributed by atoms with E-state index in [-0.39, 0.29) is 16.5 Å². The van der Waals surface area contributed by atoms with Crippen LogP contribution in [0.1, 0.15) is 6.92 Å². The summed E-state index contributed by atoms with van der Waals surface area (Å²) >= 11 is 3.22. The molecule has 0 atom stereocenters. The van der Waals surface area contributed by atoms with Crippen LogP contribution in [0.25, 0.3) is 0 Å². The van der Waals surface area contributed by atoms with Gasteiger partial charge in [0.1, 0.15) is 10.7 Å². The molecule has 0 amide bonds. The van der Waals surface area contributed by atoms with Gasteiger partial charge in [0.15, 0.2) is 5.82 Å². The third kappa shape index (κ3) is 3.04. The molecule has 0 bridgehead atoms. The van der Waals surface area contributed by atoms with Gasteiger partial charge in [0.2, 0.25) is 0 Å². The molecule has 9 heteroatoms. The van der Waals surface area contributed by atoms with Gasteiger partial charge in [-0.15, -0.1) is 0 Å². The van der Waals surface area contributed by atoms with E-state index in [2.05, 4.69) is 30.7 Å². The standard InChI is InChI=1S/C10H12BrN5O2S/c1-2-16-6-8(10(12)14-16)19(17,18)15-9-4-3-7(11)5-13-9/h3-6H,2H2,1H3,(H2,12,14)(H,13,15). The number of sulfonamides is 1. The predicted molar refractivity (Wildman–Crippen MR) is 75.1 cm³/mol. The van der Waals surface area contributed by atoms with Gasteiger partial charge in [0, 0.05) is 23.4 Å². The van der Waals surface area contributed by atoms with Crippen molar-refractivity contribution in [3.05, 3.63) is 29.0 Å². The van der Waals surface area contributed by atoms with Gasteiger partial charge >= 0.3 is 0 Å². The Kier molecular flexibility index (Phi) is 3.76. The van der Waals surface area contributed by atoms with Gasteiger partial charge in [0.25, 0.3) is 10.0 Å². The highest BCUT2D eigenvalue weighted by molar-refractivity contribution is 9.10. The van der Waals surface area contributed by atoms with E-state index in [0.717, 1.165) is 4.47 Å². The molecule has 0 fully saturated rings. The van der Waals surface area contributed by atoms with Gasteiger partial charge in [-0.1, -0.05) is 0 Å². The molecular weight excluding hydrogens is 334 g/mol. The Hall–Kier alpha value is -1.61. The summed E-state index contributed by atoms with van der Waals surface area (Å²) in [6.45, 7) is 2.38.